The number of halogens is 3. The van der Waals surface area contributed by atoms with Crippen molar-refractivity contribution >= 4 is 48.9 Å². The Kier molecular flexibility index (Phi) is 8.47. The number of nitrogens with one attached hydrogen (secondary N) is 1. The highest BCUT2D eigenvalue weighted by atomic mass is 32.2. The van der Waals surface area contributed by atoms with Crippen molar-refractivity contribution in [3.63, 3.8) is 0 Å². The Labute approximate surface area is 184 Å². The molecule has 0 saturated heterocycles. The van der Waals surface area contributed by atoms with Crippen LogP contribution in [0.2, 0.25) is 0 Å². The topological polar surface area (TPSA) is 103 Å². The molecule has 14 heteroatoms. The Morgan fingerprint density at radius 2 is 2.06 bits per heavy atom. The van der Waals surface area contributed by atoms with E-state index in [1.807, 2.05) is 0 Å². The summed E-state index contributed by atoms with van der Waals surface area (Å²) in [6.45, 7) is 1.04. The number of carbonyl (C=O) groups is 3. The van der Waals surface area contributed by atoms with Crippen LogP contribution in [-0.2, 0) is 18.0 Å². The number of nitrogens with zero attached hydrogens (tertiary/aromatic N) is 1. The fourth-order valence-electron chi connectivity index (χ4n) is 2.70. The van der Waals surface area contributed by atoms with Crippen LogP contribution < -0.4 is 14.8 Å². The molecule has 0 radical (unpaired) electrons. The third-order valence-corrected chi connectivity index (χ3v) is 4.50. The van der Waals surface area contributed by atoms with Crippen LogP contribution in [0.25, 0.3) is 0 Å². The highest BCUT2D eigenvalue weighted by Crippen LogP contribution is 2.38. The van der Waals surface area contributed by atoms with Crippen LogP contribution >= 0.6 is 25.0 Å². The average Bonchev–Trinajstić information content (AvgIpc) is 3.09. The Balaban J connectivity index is 2.42. The molecule has 0 aromatic heterocycles. The quantitative estimate of drug-likeness (QED) is 0.182. The predicted molar refractivity (Wildman–Crippen MR) is 106 cm³/mol. The molecule has 2 rings (SSSR count). The van der Waals surface area contributed by atoms with Gasteiger partial charge in [0.1, 0.15) is 5.76 Å². The summed E-state index contributed by atoms with van der Waals surface area (Å²) in [5.41, 5.74) is -4.73. The number of alkyl halides is 3. The van der Waals surface area contributed by atoms with Gasteiger partial charge in [-0.15, -0.1) is 0 Å². The van der Waals surface area contributed by atoms with Gasteiger partial charge < -0.3 is 28.1 Å². The lowest BCUT2D eigenvalue weighted by molar-refractivity contribution is -0.132. The number of hydrogen-bond donors (Lipinski definition) is 2. The number of esters is 1. The second kappa shape index (κ2) is 10.6. The third kappa shape index (κ3) is 6.70. The fraction of sp³-hybridized carbons (Fsp3) is 0.353. The zero-order valence-corrected chi connectivity index (χ0v) is 17.8. The highest BCUT2D eigenvalue weighted by molar-refractivity contribution is 7.95. The zero-order valence-electron chi connectivity index (χ0n) is 16.1. The van der Waals surface area contributed by atoms with Gasteiger partial charge in [-0.3, -0.25) is 14.4 Å². The summed E-state index contributed by atoms with van der Waals surface area (Å²) in [7, 11) is 1.27. The monoisotopic (exact) mass is 482 g/mol. The van der Waals surface area contributed by atoms with Crippen LogP contribution in [0.15, 0.2) is 24.1 Å². The van der Waals surface area contributed by atoms with Crippen molar-refractivity contribution in [3.05, 3.63) is 29.7 Å². The first-order valence-corrected chi connectivity index (χ1v) is 9.53. The number of methoxy groups -OCH3 is 1. The summed E-state index contributed by atoms with van der Waals surface area (Å²) in [4.78, 5) is 36.6. The average molecular weight is 482 g/mol. The lowest BCUT2D eigenvalue weighted by Gasteiger charge is -2.24. The van der Waals surface area contributed by atoms with Crippen molar-refractivity contribution in [2.75, 3.05) is 19.0 Å². The fourth-order valence-corrected chi connectivity index (χ4v) is 3.19. The normalized spacial score (nSPS) is 15.9. The molecule has 1 aromatic rings. The van der Waals surface area contributed by atoms with Crippen molar-refractivity contribution in [1.29, 1.82) is 0 Å². The molecule has 2 amide bonds. The van der Waals surface area contributed by atoms with Crippen LogP contribution in [0.4, 0.5) is 18.9 Å². The molecule has 1 aliphatic heterocycles. The second-order valence-corrected chi connectivity index (χ2v) is 7.03. The summed E-state index contributed by atoms with van der Waals surface area (Å²) in [6.07, 6.45) is 1.35. The molecule has 1 aromatic carbocycles. The van der Waals surface area contributed by atoms with Gasteiger partial charge in [-0.2, -0.15) is 13.2 Å². The molecule has 0 saturated carbocycles. The van der Waals surface area contributed by atoms with Crippen molar-refractivity contribution in [3.8, 4) is 11.5 Å². The minimum atomic E-state index is -4.63. The predicted octanol–water partition coefficient (Wildman–Crippen LogP) is 3.29. The van der Waals surface area contributed by atoms with E-state index in [0.717, 1.165) is 18.0 Å². The molecular weight excluding hydrogens is 465 g/mol. The third-order valence-electron chi connectivity index (χ3n) is 3.86. The summed E-state index contributed by atoms with van der Waals surface area (Å²) in [5.74, 6) is -1.51. The summed E-state index contributed by atoms with van der Waals surface area (Å²) in [6, 6.07) is 1.71. The van der Waals surface area contributed by atoms with Crippen LogP contribution in [0.5, 0.6) is 11.5 Å². The summed E-state index contributed by atoms with van der Waals surface area (Å²) < 4.78 is 56.8. The molecule has 1 atom stereocenters. The van der Waals surface area contributed by atoms with E-state index in [2.05, 4.69) is 22.4 Å². The van der Waals surface area contributed by atoms with Crippen LogP contribution in [-0.4, -0.2) is 48.5 Å². The molecule has 0 spiro atoms. The molecule has 31 heavy (non-hydrogen) atoms. The highest BCUT2D eigenvalue weighted by Gasteiger charge is 2.36. The van der Waals surface area contributed by atoms with Gasteiger partial charge in [0.05, 0.1) is 31.0 Å². The zero-order chi connectivity index (χ0) is 23.2. The van der Waals surface area contributed by atoms with E-state index in [9.17, 15) is 27.6 Å². The SMILES string of the molecule is COc1cc(C(=O)N2C=C(OSC(F)(F)F)C[C@H]2COS)c(NC=O)cc1OC(C)=O. The molecule has 1 aliphatic rings. The Hall–Kier alpha value is -2.58. The maximum absolute atomic E-state index is 13.2. The van der Waals surface area contributed by atoms with E-state index in [1.54, 1.807) is 0 Å². The molecule has 170 valence electrons. The van der Waals surface area contributed by atoms with E-state index in [4.69, 9.17) is 13.7 Å². The van der Waals surface area contributed by atoms with Crippen molar-refractivity contribution in [1.82, 2.24) is 4.90 Å². The van der Waals surface area contributed by atoms with Gasteiger partial charge >= 0.3 is 11.5 Å². The van der Waals surface area contributed by atoms with Crippen molar-refractivity contribution in [2.45, 2.75) is 24.9 Å². The molecule has 1 heterocycles. The number of hydrogen-bond acceptors (Lipinski definition) is 9. The van der Waals surface area contributed by atoms with Crippen molar-refractivity contribution < 1.29 is 45.4 Å². The van der Waals surface area contributed by atoms with Crippen LogP contribution in [0, 0.1) is 0 Å². The maximum atomic E-state index is 13.2. The smallest absolute Gasteiger partial charge is 0.479 e. The van der Waals surface area contributed by atoms with Gasteiger partial charge in [-0.25, -0.2) is 0 Å². The van der Waals surface area contributed by atoms with Gasteiger partial charge in [-0.05, 0) is 19.0 Å². The van der Waals surface area contributed by atoms with E-state index < -0.39 is 35.5 Å². The van der Waals surface area contributed by atoms with Gasteiger partial charge in [0, 0.05) is 25.6 Å². The first-order chi connectivity index (χ1) is 14.6. The number of thiol groups is 1. The van der Waals surface area contributed by atoms with E-state index >= 15 is 0 Å². The molecule has 0 unspecified atom stereocenters. The minimum absolute atomic E-state index is 0.0178. The Bertz CT molecular complexity index is 880. The lowest BCUT2D eigenvalue weighted by Crippen LogP contribution is -2.36. The van der Waals surface area contributed by atoms with E-state index in [1.165, 1.54) is 19.2 Å². The van der Waals surface area contributed by atoms with Gasteiger partial charge in [-0.1, -0.05) is 0 Å². The number of rotatable bonds is 9. The summed E-state index contributed by atoms with van der Waals surface area (Å²) >= 11 is 2.93. The molecule has 1 N–H and O–H groups in total. The second-order valence-electron chi connectivity index (χ2n) is 5.98. The minimum Gasteiger partial charge on any atom is -0.493 e. The first-order valence-electron chi connectivity index (χ1n) is 8.42. The molecule has 9 nitrogen and oxygen atoms in total. The van der Waals surface area contributed by atoms with Gasteiger partial charge in [0.25, 0.3) is 5.91 Å². The standard InChI is InChI=1S/C17H17F3N2O7S2/c1-9(24)28-15-5-13(21-8-23)12(4-14(15)26-2)16(25)22-6-11(3-10(22)7-27-30)29-31-17(18,19)20/h4-6,8,10,30H,3,7H2,1-2H3,(H,21,23)/t10-/m0/s1. The molecule has 0 fully saturated rings. The maximum Gasteiger partial charge on any atom is 0.479 e. The van der Waals surface area contributed by atoms with E-state index in [0.29, 0.717) is 6.41 Å². The number of ether oxygens (including phenoxy) is 2. The Morgan fingerprint density at radius 1 is 1.35 bits per heavy atom. The number of amides is 2. The first kappa shape index (κ1) is 24.7. The number of benzene rings is 1. The number of anilines is 1. The molecule has 0 aliphatic carbocycles. The Morgan fingerprint density at radius 3 is 2.61 bits per heavy atom. The molecule has 0 bridgehead atoms. The lowest BCUT2D eigenvalue weighted by atomic mass is 10.1. The number of carbonyl (C=O) groups excluding carboxylic acids is 3. The van der Waals surface area contributed by atoms with Gasteiger partial charge in [0.2, 0.25) is 6.41 Å². The van der Waals surface area contributed by atoms with Crippen molar-refractivity contribution in [2.24, 2.45) is 0 Å². The van der Waals surface area contributed by atoms with Crippen LogP contribution in [0.3, 0.4) is 0 Å². The van der Waals surface area contributed by atoms with Gasteiger partial charge in [0.15, 0.2) is 23.5 Å². The van der Waals surface area contributed by atoms with E-state index in [-0.39, 0.29) is 41.5 Å². The largest absolute Gasteiger partial charge is 0.493 e. The van der Waals surface area contributed by atoms with Crippen LogP contribution in [0.1, 0.15) is 23.7 Å². The summed E-state index contributed by atoms with van der Waals surface area (Å²) in [5, 5.41) is 2.32. The molecular formula is C17H17F3N2O7S2.